The molecule has 5 nitrogen and oxygen atoms in total. The summed E-state index contributed by atoms with van der Waals surface area (Å²) in [6.45, 7) is 0.490. The quantitative estimate of drug-likeness (QED) is 0.815. The number of methoxy groups -OCH3 is 1. The Labute approximate surface area is 108 Å². The maximum absolute atomic E-state index is 13.6. The van der Waals surface area contributed by atoms with Crippen LogP contribution in [0.2, 0.25) is 0 Å². The van der Waals surface area contributed by atoms with Crippen molar-refractivity contribution < 1.29 is 18.3 Å². The number of nitrogens with one attached hydrogen (secondary N) is 2. The van der Waals surface area contributed by atoms with Gasteiger partial charge in [-0.1, -0.05) is 0 Å². The average Bonchev–Trinajstić information content (AvgIpc) is 2.41. The summed E-state index contributed by atoms with van der Waals surface area (Å²) in [4.78, 5) is 15.2. The van der Waals surface area contributed by atoms with Crippen LogP contribution in [0.5, 0.6) is 0 Å². The van der Waals surface area contributed by atoms with E-state index in [2.05, 4.69) is 20.4 Å². The molecule has 7 heteroatoms. The Hall–Kier alpha value is -2.18. The second-order valence-electron chi connectivity index (χ2n) is 3.99. The Morgan fingerprint density at radius 2 is 2.32 bits per heavy atom. The van der Waals surface area contributed by atoms with Gasteiger partial charge in [0.2, 0.25) is 5.96 Å². The Bertz CT molecular complexity index is 520. The smallest absolute Gasteiger partial charge is 0.413 e. The van der Waals surface area contributed by atoms with Gasteiger partial charge in [-0.3, -0.25) is 5.32 Å². The fraction of sp³-hybridized carbons (Fsp3) is 0.333. The van der Waals surface area contributed by atoms with Gasteiger partial charge in [-0.25, -0.2) is 18.6 Å². The molecule has 0 aromatic heterocycles. The van der Waals surface area contributed by atoms with Crippen molar-refractivity contribution in [3.05, 3.63) is 35.4 Å². The standard InChI is InChI=1S/C12H13F2N3O2/c1-19-12(18)17-11-15-5-4-10(16-11)8-6-7(13)2-3-9(8)14/h2-3,6,10H,4-5H2,1H3,(H2,15,16,17,18). The summed E-state index contributed by atoms with van der Waals surface area (Å²) in [5.41, 5.74) is 0.172. The lowest BCUT2D eigenvalue weighted by molar-refractivity contribution is 0.176. The van der Waals surface area contributed by atoms with Gasteiger partial charge in [0.25, 0.3) is 0 Å². The molecule has 0 aliphatic carbocycles. The topological polar surface area (TPSA) is 62.7 Å². The lowest BCUT2D eigenvalue weighted by Gasteiger charge is -2.22. The van der Waals surface area contributed by atoms with Gasteiger partial charge >= 0.3 is 6.09 Å². The largest absolute Gasteiger partial charge is 0.453 e. The lowest BCUT2D eigenvalue weighted by Crippen LogP contribution is -2.44. The number of nitrogens with zero attached hydrogens (tertiary/aromatic N) is 1. The molecule has 0 spiro atoms. The Kier molecular flexibility index (Phi) is 3.94. The summed E-state index contributed by atoms with van der Waals surface area (Å²) in [5, 5.41) is 5.20. The maximum atomic E-state index is 13.6. The zero-order valence-electron chi connectivity index (χ0n) is 10.2. The van der Waals surface area contributed by atoms with Crippen LogP contribution in [0, 0.1) is 11.6 Å². The molecule has 0 fully saturated rings. The molecule has 0 saturated heterocycles. The minimum Gasteiger partial charge on any atom is -0.453 e. The molecule has 19 heavy (non-hydrogen) atoms. The molecule has 1 atom stereocenters. The van der Waals surface area contributed by atoms with Crippen molar-refractivity contribution in [2.75, 3.05) is 13.7 Å². The molecule has 1 aliphatic rings. The van der Waals surface area contributed by atoms with Crippen LogP contribution in [0.25, 0.3) is 0 Å². The monoisotopic (exact) mass is 269 g/mol. The van der Waals surface area contributed by atoms with E-state index in [0.717, 1.165) is 18.2 Å². The molecule has 0 radical (unpaired) electrons. The van der Waals surface area contributed by atoms with Gasteiger partial charge in [0.15, 0.2) is 0 Å². The van der Waals surface area contributed by atoms with Crippen molar-refractivity contribution in [1.82, 2.24) is 10.6 Å². The highest BCUT2D eigenvalue weighted by Crippen LogP contribution is 2.26. The number of ether oxygens (including phenoxy) is 1. The summed E-state index contributed by atoms with van der Waals surface area (Å²) in [5.74, 6) is -0.853. The number of halogens is 2. The van der Waals surface area contributed by atoms with Crippen LogP contribution >= 0.6 is 0 Å². The van der Waals surface area contributed by atoms with Crippen molar-refractivity contribution in [2.24, 2.45) is 4.99 Å². The van der Waals surface area contributed by atoms with Crippen LogP contribution in [0.3, 0.4) is 0 Å². The van der Waals surface area contributed by atoms with Crippen molar-refractivity contribution in [3.8, 4) is 0 Å². The van der Waals surface area contributed by atoms with E-state index >= 15 is 0 Å². The van der Waals surface area contributed by atoms with Crippen LogP contribution in [0.15, 0.2) is 23.2 Å². The highest BCUT2D eigenvalue weighted by atomic mass is 19.1. The molecule has 0 saturated carbocycles. The summed E-state index contributed by atoms with van der Waals surface area (Å²) < 4.78 is 31.2. The molecule has 1 aromatic carbocycles. The summed E-state index contributed by atoms with van der Waals surface area (Å²) in [6, 6.07) is 2.70. The number of hydrogen-bond donors (Lipinski definition) is 2. The highest BCUT2D eigenvalue weighted by molar-refractivity contribution is 5.94. The van der Waals surface area contributed by atoms with Gasteiger partial charge < -0.3 is 10.1 Å². The first-order valence-corrected chi connectivity index (χ1v) is 5.71. The number of carbonyl (C=O) groups excluding carboxylic acids is 1. The molecule has 1 amide bonds. The number of hydrogen-bond acceptors (Lipinski definition) is 4. The zero-order chi connectivity index (χ0) is 13.8. The third-order valence-corrected chi connectivity index (χ3v) is 2.72. The first kappa shape index (κ1) is 13.3. The second kappa shape index (κ2) is 5.64. The van der Waals surface area contributed by atoms with Crippen molar-refractivity contribution >= 4 is 12.1 Å². The zero-order valence-corrected chi connectivity index (χ0v) is 10.2. The number of carbonyl (C=O) groups is 1. The molecule has 1 aliphatic heterocycles. The van der Waals surface area contributed by atoms with Gasteiger partial charge in [-0.05, 0) is 24.6 Å². The predicted octanol–water partition coefficient (Wildman–Crippen LogP) is 1.71. The predicted molar refractivity (Wildman–Crippen MR) is 64.7 cm³/mol. The second-order valence-corrected chi connectivity index (χ2v) is 3.99. The van der Waals surface area contributed by atoms with Crippen LogP contribution in [-0.4, -0.2) is 25.7 Å². The van der Waals surface area contributed by atoms with E-state index in [1.54, 1.807) is 0 Å². The first-order valence-electron chi connectivity index (χ1n) is 5.71. The number of benzene rings is 1. The Morgan fingerprint density at radius 1 is 1.53 bits per heavy atom. The van der Waals surface area contributed by atoms with Crippen molar-refractivity contribution in [1.29, 1.82) is 0 Å². The van der Waals surface area contributed by atoms with Crippen LogP contribution in [-0.2, 0) is 4.74 Å². The normalized spacial score (nSPS) is 18.3. The first-order chi connectivity index (χ1) is 9.10. The fourth-order valence-corrected chi connectivity index (χ4v) is 1.81. The average molecular weight is 269 g/mol. The number of alkyl carbamates (subject to hydrolysis) is 1. The van der Waals surface area contributed by atoms with E-state index < -0.39 is 23.8 Å². The van der Waals surface area contributed by atoms with E-state index in [4.69, 9.17) is 0 Å². The van der Waals surface area contributed by atoms with Crippen LogP contribution < -0.4 is 10.6 Å². The minimum atomic E-state index is -0.674. The number of aliphatic imine (C=N–C) groups is 1. The number of guanidine groups is 1. The Balaban J connectivity index is 2.22. The third kappa shape index (κ3) is 3.18. The molecule has 102 valence electrons. The number of rotatable bonds is 1. The lowest BCUT2D eigenvalue weighted by atomic mass is 10.0. The Morgan fingerprint density at radius 3 is 3.05 bits per heavy atom. The van der Waals surface area contributed by atoms with Gasteiger partial charge in [0, 0.05) is 12.1 Å². The molecule has 2 rings (SSSR count). The van der Waals surface area contributed by atoms with E-state index in [-0.39, 0.29) is 11.5 Å². The molecular weight excluding hydrogens is 256 g/mol. The third-order valence-electron chi connectivity index (χ3n) is 2.72. The van der Waals surface area contributed by atoms with Gasteiger partial charge in [0.1, 0.15) is 11.6 Å². The van der Waals surface area contributed by atoms with Crippen LogP contribution in [0.1, 0.15) is 18.0 Å². The van der Waals surface area contributed by atoms with E-state index in [0.29, 0.717) is 13.0 Å². The number of amides is 1. The molecule has 1 aromatic rings. The van der Waals surface area contributed by atoms with Gasteiger partial charge in [-0.15, -0.1) is 0 Å². The van der Waals surface area contributed by atoms with Crippen molar-refractivity contribution in [2.45, 2.75) is 12.5 Å². The molecular formula is C12H13F2N3O2. The summed E-state index contributed by atoms with van der Waals surface area (Å²) >= 11 is 0. The van der Waals surface area contributed by atoms with Gasteiger partial charge in [0.05, 0.1) is 13.2 Å². The molecule has 1 unspecified atom stereocenters. The van der Waals surface area contributed by atoms with E-state index in [1.807, 2.05) is 0 Å². The summed E-state index contributed by atoms with van der Waals surface area (Å²) in [7, 11) is 1.22. The van der Waals surface area contributed by atoms with Gasteiger partial charge in [-0.2, -0.15) is 0 Å². The molecule has 1 heterocycles. The van der Waals surface area contributed by atoms with E-state index in [9.17, 15) is 13.6 Å². The summed E-state index contributed by atoms with van der Waals surface area (Å²) in [6.07, 6.45) is -0.168. The molecule has 2 N–H and O–H groups in total. The van der Waals surface area contributed by atoms with E-state index in [1.165, 1.54) is 7.11 Å². The minimum absolute atomic E-state index is 0.172. The van der Waals surface area contributed by atoms with Crippen LogP contribution in [0.4, 0.5) is 13.6 Å². The maximum Gasteiger partial charge on any atom is 0.413 e. The highest BCUT2D eigenvalue weighted by Gasteiger charge is 2.21. The fourth-order valence-electron chi connectivity index (χ4n) is 1.81. The SMILES string of the molecule is COC(=O)NC1=NC(c2cc(F)ccc2F)CCN1. The van der Waals surface area contributed by atoms with Crippen molar-refractivity contribution in [3.63, 3.8) is 0 Å². The molecule has 0 bridgehead atoms.